The first-order valence-electron chi connectivity index (χ1n) is 9.08. The lowest BCUT2D eigenvalue weighted by Gasteiger charge is -2.12. The maximum atomic E-state index is 13.3. The second kappa shape index (κ2) is 8.03. The number of thiophene rings is 1. The molecule has 1 aliphatic rings. The number of amides is 1. The van der Waals surface area contributed by atoms with Gasteiger partial charge in [0.2, 0.25) is 5.91 Å². The van der Waals surface area contributed by atoms with Crippen LogP contribution in [0.4, 0.5) is 15.8 Å². The van der Waals surface area contributed by atoms with Crippen LogP contribution in [0.2, 0.25) is 0 Å². The molecule has 0 unspecified atom stereocenters. The predicted octanol–water partition coefficient (Wildman–Crippen LogP) is 4.66. The second-order valence-corrected chi connectivity index (χ2v) is 8.77. The molecule has 0 bridgehead atoms. The molecule has 0 fully saturated rings. The fourth-order valence-corrected chi connectivity index (χ4v) is 5.68. The number of nitro groups is 1. The molecular weight excluding hydrogens is 415 g/mol. The molecule has 2 aromatic heterocycles. The van der Waals surface area contributed by atoms with E-state index < -0.39 is 22.3 Å². The molecule has 3 aromatic rings. The van der Waals surface area contributed by atoms with E-state index in [0.717, 1.165) is 46.6 Å². The van der Waals surface area contributed by atoms with Crippen LogP contribution in [0.3, 0.4) is 0 Å². The van der Waals surface area contributed by atoms with E-state index in [2.05, 4.69) is 15.3 Å². The van der Waals surface area contributed by atoms with Crippen LogP contribution in [0.25, 0.3) is 10.2 Å². The van der Waals surface area contributed by atoms with Crippen molar-refractivity contribution in [3.63, 3.8) is 0 Å². The van der Waals surface area contributed by atoms with Crippen molar-refractivity contribution in [3.8, 4) is 0 Å². The van der Waals surface area contributed by atoms with Crippen LogP contribution in [0.15, 0.2) is 23.2 Å². The summed E-state index contributed by atoms with van der Waals surface area (Å²) < 4.78 is 13.3. The zero-order chi connectivity index (χ0) is 20.5. The van der Waals surface area contributed by atoms with E-state index in [1.807, 2.05) is 6.92 Å². The van der Waals surface area contributed by atoms with E-state index >= 15 is 0 Å². The van der Waals surface area contributed by atoms with Gasteiger partial charge in [0, 0.05) is 10.3 Å². The Labute approximate surface area is 173 Å². The summed E-state index contributed by atoms with van der Waals surface area (Å²) in [7, 11) is 0. The molecule has 1 aromatic carbocycles. The van der Waals surface area contributed by atoms with Gasteiger partial charge in [0.15, 0.2) is 0 Å². The maximum absolute atomic E-state index is 13.3. The number of thioether (sulfide) groups is 1. The van der Waals surface area contributed by atoms with Gasteiger partial charge >= 0.3 is 0 Å². The van der Waals surface area contributed by atoms with Crippen LogP contribution >= 0.6 is 23.1 Å². The number of rotatable bonds is 5. The van der Waals surface area contributed by atoms with E-state index in [1.54, 1.807) is 11.3 Å². The lowest BCUT2D eigenvalue weighted by molar-refractivity contribution is -0.384. The smallest absolute Gasteiger partial charge is 0.295 e. The minimum atomic E-state index is -0.731. The number of aryl methyl sites for hydroxylation is 3. The fraction of sp³-hybridized carbons (Fsp3) is 0.316. The number of benzene rings is 1. The molecule has 2 heterocycles. The Morgan fingerprint density at radius 1 is 1.34 bits per heavy atom. The zero-order valence-electron chi connectivity index (χ0n) is 15.5. The van der Waals surface area contributed by atoms with Crippen molar-refractivity contribution in [1.82, 2.24) is 9.97 Å². The topological polar surface area (TPSA) is 98.0 Å². The standard InChI is InChI=1S/C19H17FN4O3S2/c1-10-21-18(17-12-4-2-3-5-15(12)29-19(17)22-10)28-9-16(25)23-13-7-6-11(20)8-14(13)24(26)27/h6-8H,2-5,9H2,1H3,(H,23,25). The molecular formula is C19H17FN4O3S2. The van der Waals surface area contributed by atoms with Crippen molar-refractivity contribution in [2.45, 2.75) is 37.6 Å². The van der Waals surface area contributed by atoms with E-state index in [1.165, 1.54) is 34.7 Å². The van der Waals surface area contributed by atoms with Crippen LogP contribution in [0, 0.1) is 22.9 Å². The Hall–Kier alpha value is -2.59. The number of nitro benzene ring substituents is 1. The van der Waals surface area contributed by atoms with Gasteiger partial charge in [-0.3, -0.25) is 14.9 Å². The van der Waals surface area contributed by atoms with E-state index in [4.69, 9.17) is 0 Å². The summed E-state index contributed by atoms with van der Waals surface area (Å²) >= 11 is 2.98. The molecule has 7 nitrogen and oxygen atoms in total. The quantitative estimate of drug-likeness (QED) is 0.273. The van der Waals surface area contributed by atoms with Crippen molar-refractivity contribution < 1.29 is 14.1 Å². The maximum Gasteiger partial charge on any atom is 0.295 e. The molecule has 0 radical (unpaired) electrons. The molecule has 10 heteroatoms. The molecule has 0 saturated carbocycles. The van der Waals surface area contributed by atoms with Crippen molar-refractivity contribution in [2.24, 2.45) is 0 Å². The summed E-state index contributed by atoms with van der Waals surface area (Å²) in [5.41, 5.74) is 0.780. The van der Waals surface area contributed by atoms with Gasteiger partial charge in [-0.15, -0.1) is 11.3 Å². The zero-order valence-corrected chi connectivity index (χ0v) is 17.2. The van der Waals surface area contributed by atoms with E-state index in [-0.39, 0.29) is 11.4 Å². The first-order chi connectivity index (χ1) is 13.9. The number of hydrogen-bond acceptors (Lipinski definition) is 7. The molecule has 0 saturated heterocycles. The summed E-state index contributed by atoms with van der Waals surface area (Å²) in [4.78, 5) is 34.2. The van der Waals surface area contributed by atoms with E-state index in [0.29, 0.717) is 5.82 Å². The van der Waals surface area contributed by atoms with Crippen molar-refractivity contribution in [3.05, 3.63) is 50.4 Å². The molecule has 150 valence electrons. The fourth-order valence-electron chi connectivity index (χ4n) is 3.41. The largest absolute Gasteiger partial charge is 0.320 e. The average molecular weight is 433 g/mol. The van der Waals surface area contributed by atoms with Gasteiger partial charge in [-0.25, -0.2) is 14.4 Å². The van der Waals surface area contributed by atoms with Gasteiger partial charge in [0.05, 0.1) is 16.7 Å². The highest BCUT2D eigenvalue weighted by Gasteiger charge is 2.22. The number of nitrogens with zero attached hydrogens (tertiary/aromatic N) is 3. The highest BCUT2D eigenvalue weighted by Crippen LogP contribution is 2.39. The molecule has 1 aliphatic carbocycles. The first-order valence-corrected chi connectivity index (χ1v) is 10.9. The number of hydrogen-bond donors (Lipinski definition) is 1. The number of halogens is 1. The van der Waals surface area contributed by atoms with Crippen molar-refractivity contribution in [1.29, 1.82) is 0 Å². The number of carbonyl (C=O) groups excluding carboxylic acids is 1. The van der Waals surface area contributed by atoms with Gasteiger partial charge in [-0.2, -0.15) is 0 Å². The van der Waals surface area contributed by atoms with Gasteiger partial charge in [0.1, 0.15) is 27.2 Å². The highest BCUT2D eigenvalue weighted by molar-refractivity contribution is 8.00. The molecule has 29 heavy (non-hydrogen) atoms. The van der Waals surface area contributed by atoms with E-state index in [9.17, 15) is 19.3 Å². The number of aromatic nitrogens is 2. The number of nitrogens with one attached hydrogen (secondary N) is 1. The van der Waals surface area contributed by atoms with Crippen molar-refractivity contribution >= 4 is 50.6 Å². The third-order valence-electron chi connectivity index (χ3n) is 4.66. The Bertz CT molecular complexity index is 1130. The molecule has 4 rings (SSSR count). The van der Waals surface area contributed by atoms with Gasteiger partial charge in [-0.05, 0) is 50.3 Å². The summed E-state index contributed by atoms with van der Waals surface area (Å²) in [6.45, 7) is 1.82. The summed E-state index contributed by atoms with van der Waals surface area (Å²) in [6, 6.07) is 3.06. The molecule has 0 atom stereocenters. The number of fused-ring (bicyclic) bond motifs is 3. The normalized spacial score (nSPS) is 13.3. The van der Waals surface area contributed by atoms with Crippen LogP contribution in [-0.4, -0.2) is 26.6 Å². The van der Waals surface area contributed by atoms with Gasteiger partial charge < -0.3 is 5.32 Å². The van der Waals surface area contributed by atoms with Crippen LogP contribution < -0.4 is 5.32 Å². The lowest BCUT2D eigenvalue weighted by atomic mass is 9.97. The molecule has 0 aliphatic heterocycles. The third kappa shape index (κ3) is 4.08. The minimum Gasteiger partial charge on any atom is -0.320 e. The summed E-state index contributed by atoms with van der Waals surface area (Å²) in [5, 5.41) is 15.4. The highest BCUT2D eigenvalue weighted by atomic mass is 32.2. The number of carbonyl (C=O) groups is 1. The minimum absolute atomic E-state index is 0.0288. The summed E-state index contributed by atoms with van der Waals surface area (Å²) in [6.07, 6.45) is 4.34. The second-order valence-electron chi connectivity index (χ2n) is 6.72. The van der Waals surface area contributed by atoms with Crippen LogP contribution in [0.5, 0.6) is 0 Å². The van der Waals surface area contributed by atoms with Crippen LogP contribution in [-0.2, 0) is 17.6 Å². The Morgan fingerprint density at radius 3 is 2.93 bits per heavy atom. The average Bonchev–Trinajstić information content (AvgIpc) is 3.05. The molecule has 1 N–H and O–H groups in total. The molecule has 1 amide bonds. The number of anilines is 1. The Morgan fingerprint density at radius 2 is 2.14 bits per heavy atom. The predicted molar refractivity (Wildman–Crippen MR) is 111 cm³/mol. The Kier molecular flexibility index (Phi) is 5.46. The SMILES string of the molecule is Cc1nc(SCC(=O)Nc2ccc(F)cc2[N+](=O)[O-])c2c3c(sc2n1)CCCC3. The van der Waals surface area contributed by atoms with Gasteiger partial charge in [-0.1, -0.05) is 11.8 Å². The first kappa shape index (κ1) is 19.7. The Balaban J connectivity index is 1.55. The molecule has 0 spiro atoms. The van der Waals surface area contributed by atoms with Gasteiger partial charge in [0.25, 0.3) is 5.69 Å². The lowest BCUT2D eigenvalue weighted by Crippen LogP contribution is -2.15. The summed E-state index contributed by atoms with van der Waals surface area (Å²) in [5.74, 6) is -0.471. The monoisotopic (exact) mass is 432 g/mol. The third-order valence-corrected chi connectivity index (χ3v) is 6.82. The van der Waals surface area contributed by atoms with Crippen LogP contribution in [0.1, 0.15) is 29.1 Å². The van der Waals surface area contributed by atoms with Crippen molar-refractivity contribution in [2.75, 3.05) is 11.1 Å².